The average Bonchev–Trinajstić information content (AvgIpc) is 2.37. The molecule has 1 aromatic carbocycles. The molecule has 0 saturated carbocycles. The van der Waals surface area contributed by atoms with Crippen molar-refractivity contribution in [2.75, 3.05) is 0 Å². The monoisotopic (exact) mass is 296 g/mol. The largest absolute Gasteiger partial charge is 0.435 e. The number of allylic oxidation sites excluding steroid dienone is 3. The first-order valence-electron chi connectivity index (χ1n) is 6.24. The van der Waals surface area contributed by atoms with Gasteiger partial charge in [-0.25, -0.2) is 0 Å². The molecule has 0 saturated heterocycles. The Morgan fingerprint density at radius 2 is 2.00 bits per heavy atom. The van der Waals surface area contributed by atoms with E-state index in [4.69, 9.17) is 0 Å². The summed E-state index contributed by atoms with van der Waals surface area (Å²) in [5, 5.41) is 14.2. The van der Waals surface area contributed by atoms with Crippen LogP contribution in [-0.4, -0.2) is 11.5 Å². The number of hydrogen-bond acceptors (Lipinski definition) is 4. The number of alkyl halides is 2. The number of nitrogens with one attached hydrogen (secondary N) is 1. The molecular weight excluding hydrogens is 282 g/mol. The van der Waals surface area contributed by atoms with Gasteiger partial charge in [-0.05, 0) is 26.0 Å². The predicted octanol–water partition coefficient (Wildman–Crippen LogP) is 3.39. The molecule has 7 heteroatoms. The van der Waals surface area contributed by atoms with Crippen LogP contribution < -0.4 is 10.1 Å². The highest BCUT2D eigenvalue weighted by Crippen LogP contribution is 2.37. The molecule has 0 bridgehead atoms. The molecule has 2 rings (SSSR count). The van der Waals surface area contributed by atoms with Crippen LogP contribution in [-0.2, 0) is 0 Å². The van der Waals surface area contributed by atoms with Crippen LogP contribution >= 0.6 is 0 Å². The second-order valence-corrected chi connectivity index (χ2v) is 4.64. The van der Waals surface area contributed by atoms with Crippen LogP contribution in [0.4, 0.5) is 8.78 Å². The van der Waals surface area contributed by atoms with Gasteiger partial charge in [0.2, 0.25) is 0 Å². The first-order chi connectivity index (χ1) is 9.90. The lowest BCUT2D eigenvalue weighted by Crippen LogP contribution is -2.24. The lowest BCUT2D eigenvalue weighted by Gasteiger charge is -2.22. The quantitative estimate of drug-likeness (QED) is 0.683. The molecule has 112 valence electrons. The molecular formula is C14H14F2N2O3. The number of nitrogens with zero attached hydrogens (tertiary/aromatic N) is 1. The number of halogens is 2. The zero-order valence-corrected chi connectivity index (χ0v) is 11.5. The molecule has 0 radical (unpaired) electrons. The normalized spacial score (nSPS) is 18.3. The Balaban J connectivity index is 2.53. The minimum atomic E-state index is -2.98. The van der Waals surface area contributed by atoms with E-state index in [-0.39, 0.29) is 11.4 Å². The van der Waals surface area contributed by atoms with Gasteiger partial charge in [0, 0.05) is 11.3 Å². The molecule has 1 aliphatic heterocycles. The Kier molecular flexibility index (Phi) is 4.21. The number of ether oxygens (including phenoxy) is 1. The minimum Gasteiger partial charge on any atom is -0.435 e. The number of dihydropyridines is 1. The SMILES string of the molecule is CC1=C[C@@H](c2ccccc2OC(F)F)C([N+](=O)[O-])=C(C)N1. The van der Waals surface area contributed by atoms with Crippen molar-refractivity contribution in [2.24, 2.45) is 0 Å². The number of rotatable bonds is 4. The molecule has 1 N–H and O–H groups in total. The average molecular weight is 296 g/mol. The second-order valence-electron chi connectivity index (χ2n) is 4.64. The van der Waals surface area contributed by atoms with Crippen LogP contribution in [0.5, 0.6) is 5.75 Å². The van der Waals surface area contributed by atoms with Crippen molar-refractivity contribution in [3.05, 3.63) is 63.1 Å². The molecule has 0 spiro atoms. The summed E-state index contributed by atoms with van der Waals surface area (Å²) in [6.07, 6.45) is 1.62. The predicted molar refractivity (Wildman–Crippen MR) is 72.4 cm³/mol. The van der Waals surface area contributed by atoms with Gasteiger partial charge in [-0.1, -0.05) is 18.2 Å². The fraction of sp³-hybridized carbons (Fsp3) is 0.286. The summed E-state index contributed by atoms with van der Waals surface area (Å²) in [5.74, 6) is -0.799. The third kappa shape index (κ3) is 3.18. The zero-order chi connectivity index (χ0) is 15.6. The van der Waals surface area contributed by atoms with E-state index >= 15 is 0 Å². The summed E-state index contributed by atoms with van der Waals surface area (Å²) in [6.45, 7) is 0.351. The van der Waals surface area contributed by atoms with Crippen LogP contribution in [0, 0.1) is 10.1 Å². The first kappa shape index (κ1) is 15.0. The van der Waals surface area contributed by atoms with Crippen LogP contribution in [0.3, 0.4) is 0 Å². The first-order valence-corrected chi connectivity index (χ1v) is 6.24. The van der Waals surface area contributed by atoms with Crippen molar-refractivity contribution < 1.29 is 18.4 Å². The summed E-state index contributed by atoms with van der Waals surface area (Å²) in [5.41, 5.74) is 1.36. The van der Waals surface area contributed by atoms with Crippen molar-refractivity contribution in [1.82, 2.24) is 5.32 Å². The molecule has 0 unspecified atom stereocenters. The molecule has 1 aromatic rings. The van der Waals surface area contributed by atoms with Crippen molar-refractivity contribution in [3.8, 4) is 5.75 Å². The third-order valence-electron chi connectivity index (χ3n) is 3.15. The molecule has 0 fully saturated rings. The van der Waals surface area contributed by atoms with E-state index in [2.05, 4.69) is 10.1 Å². The Morgan fingerprint density at radius 3 is 2.62 bits per heavy atom. The summed E-state index contributed by atoms with van der Waals surface area (Å²) in [7, 11) is 0. The summed E-state index contributed by atoms with van der Waals surface area (Å²) in [6, 6.07) is 6.10. The Hall–Kier alpha value is -2.44. The molecule has 0 aromatic heterocycles. The number of benzene rings is 1. The van der Waals surface area contributed by atoms with Crippen LogP contribution in [0.15, 0.2) is 47.4 Å². The highest BCUT2D eigenvalue weighted by Gasteiger charge is 2.33. The van der Waals surface area contributed by atoms with Gasteiger partial charge in [0.25, 0.3) is 5.70 Å². The lowest BCUT2D eigenvalue weighted by molar-refractivity contribution is -0.430. The Labute approximate surface area is 120 Å². The van der Waals surface area contributed by atoms with E-state index in [1.807, 2.05) is 0 Å². The van der Waals surface area contributed by atoms with Gasteiger partial charge in [0.1, 0.15) is 11.7 Å². The lowest BCUT2D eigenvalue weighted by atomic mass is 9.91. The van der Waals surface area contributed by atoms with E-state index in [1.54, 1.807) is 38.1 Å². The van der Waals surface area contributed by atoms with Gasteiger partial charge in [-0.2, -0.15) is 8.78 Å². The highest BCUT2D eigenvalue weighted by molar-refractivity contribution is 5.45. The smallest absolute Gasteiger partial charge is 0.387 e. The molecule has 5 nitrogen and oxygen atoms in total. The van der Waals surface area contributed by atoms with Gasteiger partial charge in [0.05, 0.1) is 10.6 Å². The fourth-order valence-corrected chi connectivity index (χ4v) is 2.39. The summed E-state index contributed by atoms with van der Waals surface area (Å²) < 4.78 is 29.4. The molecule has 1 heterocycles. The molecule has 1 atom stereocenters. The molecule has 1 aliphatic rings. The third-order valence-corrected chi connectivity index (χ3v) is 3.15. The summed E-state index contributed by atoms with van der Waals surface area (Å²) in [4.78, 5) is 10.8. The van der Waals surface area contributed by atoms with E-state index < -0.39 is 17.5 Å². The Bertz CT molecular complexity index is 626. The maximum atomic E-state index is 12.5. The van der Waals surface area contributed by atoms with E-state index in [0.29, 0.717) is 11.3 Å². The van der Waals surface area contributed by atoms with Gasteiger partial charge >= 0.3 is 6.61 Å². The van der Waals surface area contributed by atoms with Crippen molar-refractivity contribution in [1.29, 1.82) is 0 Å². The van der Waals surface area contributed by atoms with E-state index in [1.165, 1.54) is 6.07 Å². The minimum absolute atomic E-state index is 0.0596. The van der Waals surface area contributed by atoms with Crippen molar-refractivity contribution in [2.45, 2.75) is 26.4 Å². The maximum Gasteiger partial charge on any atom is 0.387 e. The Morgan fingerprint density at radius 1 is 1.33 bits per heavy atom. The molecule has 21 heavy (non-hydrogen) atoms. The fourth-order valence-electron chi connectivity index (χ4n) is 2.39. The van der Waals surface area contributed by atoms with Crippen LogP contribution in [0.25, 0.3) is 0 Å². The number of nitro groups is 1. The van der Waals surface area contributed by atoms with Gasteiger partial charge in [-0.3, -0.25) is 10.1 Å². The second kappa shape index (κ2) is 5.90. The maximum absolute atomic E-state index is 12.5. The van der Waals surface area contributed by atoms with E-state index in [9.17, 15) is 18.9 Å². The topological polar surface area (TPSA) is 64.4 Å². The van der Waals surface area contributed by atoms with Gasteiger partial charge in [0.15, 0.2) is 0 Å². The van der Waals surface area contributed by atoms with Crippen LogP contribution in [0.1, 0.15) is 25.3 Å². The van der Waals surface area contributed by atoms with Gasteiger partial charge < -0.3 is 10.1 Å². The standard InChI is InChI=1S/C14H14F2N2O3/c1-8-7-11(13(18(19)20)9(2)17-8)10-5-3-4-6-12(10)21-14(15)16/h3-7,11,14,17H,1-2H3/t11-/m0/s1. The number of hydrogen-bond donors (Lipinski definition) is 1. The van der Waals surface area contributed by atoms with Crippen molar-refractivity contribution >= 4 is 0 Å². The molecule has 0 amide bonds. The van der Waals surface area contributed by atoms with Gasteiger partial charge in [-0.15, -0.1) is 0 Å². The zero-order valence-electron chi connectivity index (χ0n) is 11.5. The number of para-hydroxylation sites is 1. The van der Waals surface area contributed by atoms with Crippen LogP contribution in [0.2, 0.25) is 0 Å². The van der Waals surface area contributed by atoms with E-state index in [0.717, 1.165) is 5.70 Å². The molecule has 0 aliphatic carbocycles. The summed E-state index contributed by atoms with van der Waals surface area (Å²) >= 11 is 0. The van der Waals surface area contributed by atoms with Crippen molar-refractivity contribution in [3.63, 3.8) is 0 Å². The highest BCUT2D eigenvalue weighted by atomic mass is 19.3.